The highest BCUT2D eigenvalue weighted by Crippen LogP contribution is 2.20. The van der Waals surface area contributed by atoms with Gasteiger partial charge in [-0.25, -0.2) is 0 Å². The van der Waals surface area contributed by atoms with Crippen LogP contribution >= 0.6 is 0 Å². The molecule has 0 bridgehead atoms. The lowest BCUT2D eigenvalue weighted by Gasteiger charge is -2.14. The molecule has 0 fully saturated rings. The van der Waals surface area contributed by atoms with E-state index in [2.05, 4.69) is 54.9 Å². The predicted molar refractivity (Wildman–Crippen MR) is 74.1 cm³/mol. The first kappa shape index (κ1) is 12.1. The molecule has 1 heterocycles. The molecule has 1 aromatic rings. The van der Waals surface area contributed by atoms with Gasteiger partial charge in [0.05, 0.1) is 0 Å². The molecule has 1 nitrogen and oxygen atoms in total. The van der Waals surface area contributed by atoms with Crippen molar-refractivity contribution in [3.05, 3.63) is 60.2 Å². The maximum absolute atomic E-state index is 3.87. The SMILES string of the molecule is C=CC1C=C(CCCc2ccccc2)CN1C. The molecule has 1 aromatic carbocycles. The summed E-state index contributed by atoms with van der Waals surface area (Å²) in [6.07, 6.45) is 8.01. The Morgan fingerprint density at radius 2 is 2.06 bits per heavy atom. The first-order valence-corrected chi connectivity index (χ1v) is 6.36. The van der Waals surface area contributed by atoms with E-state index in [1.807, 2.05) is 6.08 Å². The van der Waals surface area contributed by atoms with Crippen molar-refractivity contribution in [3.8, 4) is 0 Å². The topological polar surface area (TPSA) is 3.24 Å². The second-order valence-corrected chi connectivity index (χ2v) is 4.81. The zero-order chi connectivity index (χ0) is 12.1. The van der Waals surface area contributed by atoms with Crippen molar-refractivity contribution in [1.82, 2.24) is 4.90 Å². The molecule has 0 amide bonds. The maximum atomic E-state index is 3.87. The minimum Gasteiger partial charge on any atom is -0.293 e. The highest BCUT2D eigenvalue weighted by Gasteiger charge is 2.17. The number of aryl methyl sites for hydroxylation is 1. The first-order valence-electron chi connectivity index (χ1n) is 6.36. The summed E-state index contributed by atoms with van der Waals surface area (Å²) in [5, 5.41) is 0. The standard InChI is InChI=1S/C16H21N/c1-3-16-12-15(13-17(16)2)11-7-10-14-8-5-4-6-9-14/h3-6,8-9,12,16H,1,7,10-11,13H2,2H3. The van der Waals surface area contributed by atoms with E-state index >= 15 is 0 Å². The Hall–Kier alpha value is -1.34. The van der Waals surface area contributed by atoms with Crippen LogP contribution in [0.25, 0.3) is 0 Å². The summed E-state index contributed by atoms with van der Waals surface area (Å²) in [5.41, 5.74) is 3.01. The molecule has 17 heavy (non-hydrogen) atoms. The van der Waals surface area contributed by atoms with Crippen LogP contribution in [0, 0.1) is 0 Å². The predicted octanol–water partition coefficient (Wildman–Crippen LogP) is 3.44. The van der Waals surface area contributed by atoms with Gasteiger partial charge in [0.25, 0.3) is 0 Å². The molecule has 1 unspecified atom stereocenters. The van der Waals surface area contributed by atoms with Gasteiger partial charge >= 0.3 is 0 Å². The Balaban J connectivity index is 1.78. The van der Waals surface area contributed by atoms with Crippen LogP contribution in [0.5, 0.6) is 0 Å². The number of hydrogen-bond donors (Lipinski definition) is 0. The molecule has 1 heteroatoms. The Labute approximate surface area is 104 Å². The third-order valence-electron chi connectivity index (χ3n) is 3.42. The van der Waals surface area contributed by atoms with E-state index in [9.17, 15) is 0 Å². The number of rotatable bonds is 5. The lowest BCUT2D eigenvalue weighted by atomic mass is 10.0. The molecule has 1 aliphatic rings. The second kappa shape index (κ2) is 5.83. The van der Waals surface area contributed by atoms with Crippen molar-refractivity contribution >= 4 is 0 Å². The number of likely N-dealkylation sites (N-methyl/N-ethyl adjacent to an activating group) is 1. The molecule has 1 aliphatic heterocycles. The van der Waals surface area contributed by atoms with Crippen molar-refractivity contribution in [2.75, 3.05) is 13.6 Å². The van der Waals surface area contributed by atoms with Crippen LogP contribution in [0.2, 0.25) is 0 Å². The normalized spacial score (nSPS) is 20.3. The Morgan fingerprint density at radius 3 is 2.71 bits per heavy atom. The third-order valence-corrected chi connectivity index (χ3v) is 3.42. The molecule has 2 rings (SSSR count). The quantitative estimate of drug-likeness (QED) is 0.697. The molecule has 0 radical (unpaired) electrons. The van der Waals surface area contributed by atoms with Gasteiger partial charge in [-0.3, -0.25) is 4.90 Å². The van der Waals surface area contributed by atoms with E-state index in [-0.39, 0.29) is 0 Å². The summed E-state index contributed by atoms with van der Waals surface area (Å²) in [7, 11) is 2.16. The lowest BCUT2D eigenvalue weighted by Crippen LogP contribution is -2.23. The van der Waals surface area contributed by atoms with Gasteiger partial charge in [-0.15, -0.1) is 6.58 Å². The largest absolute Gasteiger partial charge is 0.293 e. The monoisotopic (exact) mass is 227 g/mol. The van der Waals surface area contributed by atoms with Gasteiger partial charge in [0, 0.05) is 12.6 Å². The lowest BCUT2D eigenvalue weighted by molar-refractivity contribution is 0.371. The highest BCUT2D eigenvalue weighted by molar-refractivity contribution is 5.21. The van der Waals surface area contributed by atoms with E-state index in [1.165, 1.54) is 24.8 Å². The van der Waals surface area contributed by atoms with Crippen LogP contribution in [-0.2, 0) is 6.42 Å². The Bertz CT molecular complexity index is 391. The molecule has 0 aromatic heterocycles. The van der Waals surface area contributed by atoms with Crippen LogP contribution in [0.3, 0.4) is 0 Å². The fourth-order valence-corrected chi connectivity index (χ4v) is 2.42. The number of hydrogen-bond acceptors (Lipinski definition) is 1. The van der Waals surface area contributed by atoms with E-state index < -0.39 is 0 Å². The Morgan fingerprint density at radius 1 is 1.29 bits per heavy atom. The maximum Gasteiger partial charge on any atom is 0.0462 e. The van der Waals surface area contributed by atoms with Gasteiger partial charge in [-0.2, -0.15) is 0 Å². The summed E-state index contributed by atoms with van der Waals surface area (Å²) < 4.78 is 0. The third kappa shape index (κ3) is 3.31. The second-order valence-electron chi connectivity index (χ2n) is 4.81. The van der Waals surface area contributed by atoms with Crippen LogP contribution in [0.1, 0.15) is 18.4 Å². The van der Waals surface area contributed by atoms with Gasteiger partial charge in [-0.05, 0) is 31.9 Å². The van der Waals surface area contributed by atoms with Crippen LogP contribution in [0.4, 0.5) is 0 Å². The summed E-state index contributed by atoms with van der Waals surface area (Å²) in [6, 6.07) is 11.2. The molecular weight excluding hydrogens is 206 g/mol. The Kier molecular flexibility index (Phi) is 4.16. The van der Waals surface area contributed by atoms with Crippen LogP contribution < -0.4 is 0 Å². The average Bonchev–Trinajstić information content (AvgIpc) is 2.71. The highest BCUT2D eigenvalue weighted by atomic mass is 15.1. The minimum atomic E-state index is 0.446. The van der Waals surface area contributed by atoms with Gasteiger partial charge in [0.1, 0.15) is 0 Å². The summed E-state index contributed by atoms with van der Waals surface area (Å²) >= 11 is 0. The molecule has 0 saturated carbocycles. The first-order chi connectivity index (χ1) is 8.29. The number of nitrogens with zero attached hydrogens (tertiary/aromatic N) is 1. The van der Waals surface area contributed by atoms with E-state index in [1.54, 1.807) is 5.57 Å². The van der Waals surface area contributed by atoms with Gasteiger partial charge < -0.3 is 0 Å². The van der Waals surface area contributed by atoms with Gasteiger partial charge in [0.15, 0.2) is 0 Å². The van der Waals surface area contributed by atoms with Crippen molar-refractivity contribution < 1.29 is 0 Å². The molecule has 0 N–H and O–H groups in total. The average molecular weight is 227 g/mol. The van der Waals surface area contributed by atoms with E-state index in [4.69, 9.17) is 0 Å². The molecule has 0 saturated heterocycles. The molecule has 0 aliphatic carbocycles. The van der Waals surface area contributed by atoms with Gasteiger partial charge in [0.2, 0.25) is 0 Å². The molecular formula is C16H21N. The van der Waals surface area contributed by atoms with Crippen molar-refractivity contribution in [2.24, 2.45) is 0 Å². The smallest absolute Gasteiger partial charge is 0.0462 e. The summed E-state index contributed by atoms with van der Waals surface area (Å²) in [5.74, 6) is 0. The van der Waals surface area contributed by atoms with E-state index in [0.717, 1.165) is 6.54 Å². The zero-order valence-corrected chi connectivity index (χ0v) is 10.6. The van der Waals surface area contributed by atoms with Crippen LogP contribution in [-0.4, -0.2) is 24.5 Å². The summed E-state index contributed by atoms with van der Waals surface area (Å²) in [4.78, 5) is 2.34. The zero-order valence-electron chi connectivity index (χ0n) is 10.6. The fraction of sp³-hybridized carbons (Fsp3) is 0.375. The van der Waals surface area contributed by atoms with Crippen LogP contribution in [0.15, 0.2) is 54.6 Å². The molecule has 0 spiro atoms. The van der Waals surface area contributed by atoms with Crippen molar-refractivity contribution in [3.63, 3.8) is 0 Å². The summed E-state index contributed by atoms with van der Waals surface area (Å²) in [6.45, 7) is 4.97. The number of benzene rings is 1. The fourth-order valence-electron chi connectivity index (χ4n) is 2.42. The molecule has 1 atom stereocenters. The molecule has 90 valence electrons. The minimum absolute atomic E-state index is 0.446. The van der Waals surface area contributed by atoms with Crippen molar-refractivity contribution in [2.45, 2.75) is 25.3 Å². The van der Waals surface area contributed by atoms with Crippen molar-refractivity contribution in [1.29, 1.82) is 0 Å². The van der Waals surface area contributed by atoms with Gasteiger partial charge in [-0.1, -0.05) is 48.1 Å². The van der Waals surface area contributed by atoms with E-state index in [0.29, 0.717) is 6.04 Å².